The molecule has 1 N–H and O–H groups in total. The normalized spacial score (nSPS) is 11.8. The van der Waals surface area contributed by atoms with Gasteiger partial charge in [0.1, 0.15) is 12.3 Å². The van der Waals surface area contributed by atoms with Crippen molar-refractivity contribution in [1.82, 2.24) is 5.43 Å². The van der Waals surface area contributed by atoms with Gasteiger partial charge in [0.15, 0.2) is 0 Å². The minimum atomic E-state index is -3.62. The number of hydrazone groups is 1. The number of hydrogen-bond acceptors (Lipinski definition) is 5. The average Bonchev–Trinajstić information content (AvgIpc) is 2.65. The summed E-state index contributed by atoms with van der Waals surface area (Å²) < 4.78 is 30.6. The Labute approximate surface area is 166 Å². The quantitative estimate of drug-likeness (QED) is 0.542. The molecule has 2 aromatic rings. The number of carbonyl (C=O) groups is 1. The van der Waals surface area contributed by atoms with Gasteiger partial charge in [-0.05, 0) is 62.7 Å². The summed E-state index contributed by atoms with van der Waals surface area (Å²) in [5, 5.41) is 4.07. The van der Waals surface area contributed by atoms with Crippen LogP contribution >= 0.6 is 0 Å². The zero-order chi connectivity index (χ0) is 20.7. The molecule has 0 saturated heterocycles. The van der Waals surface area contributed by atoms with E-state index in [9.17, 15) is 13.2 Å². The Morgan fingerprint density at radius 1 is 1.11 bits per heavy atom. The highest BCUT2D eigenvalue weighted by molar-refractivity contribution is 7.92. The monoisotopic (exact) mass is 403 g/mol. The molecule has 0 atom stereocenters. The standard InChI is InChI=1S/C20H25N3O4S/c1-5-27-19-12-8-17(9-13-19)16(3)21-22-20(24)14-23(28(4,25)26)18-10-6-15(2)7-11-18/h6-13H,5,14H2,1-4H3,(H,22,24)/b21-16-. The predicted octanol–water partition coefficient (Wildman–Crippen LogP) is 2.70. The molecule has 7 nitrogen and oxygen atoms in total. The Morgan fingerprint density at radius 2 is 1.71 bits per heavy atom. The Balaban J connectivity index is 2.07. The number of benzene rings is 2. The van der Waals surface area contributed by atoms with Crippen LogP contribution in [0.1, 0.15) is 25.0 Å². The molecule has 0 aromatic heterocycles. The first-order valence-electron chi connectivity index (χ1n) is 8.81. The topological polar surface area (TPSA) is 88.1 Å². The van der Waals surface area contributed by atoms with Gasteiger partial charge in [-0.15, -0.1) is 0 Å². The minimum absolute atomic E-state index is 0.359. The molecular formula is C20H25N3O4S. The van der Waals surface area contributed by atoms with Crippen LogP contribution in [0.2, 0.25) is 0 Å². The van der Waals surface area contributed by atoms with Gasteiger partial charge in [0, 0.05) is 0 Å². The molecule has 0 saturated carbocycles. The number of sulfonamides is 1. The highest BCUT2D eigenvalue weighted by Crippen LogP contribution is 2.18. The highest BCUT2D eigenvalue weighted by atomic mass is 32.2. The Hall–Kier alpha value is -2.87. The first kappa shape index (κ1) is 21.4. The molecular weight excluding hydrogens is 378 g/mol. The lowest BCUT2D eigenvalue weighted by atomic mass is 10.1. The molecule has 0 fully saturated rings. The number of rotatable bonds is 8. The molecule has 0 radical (unpaired) electrons. The second kappa shape index (κ2) is 9.36. The third-order valence-corrected chi connectivity index (χ3v) is 5.08. The van der Waals surface area contributed by atoms with E-state index in [0.29, 0.717) is 18.0 Å². The fourth-order valence-corrected chi connectivity index (χ4v) is 3.30. The van der Waals surface area contributed by atoms with E-state index in [4.69, 9.17) is 4.74 Å². The molecule has 0 heterocycles. The van der Waals surface area contributed by atoms with Crippen LogP contribution in [0.15, 0.2) is 53.6 Å². The van der Waals surface area contributed by atoms with Crippen LogP contribution in [0.5, 0.6) is 5.75 Å². The summed E-state index contributed by atoms with van der Waals surface area (Å²) in [6, 6.07) is 14.2. The van der Waals surface area contributed by atoms with Crippen LogP contribution in [-0.2, 0) is 14.8 Å². The summed E-state index contributed by atoms with van der Waals surface area (Å²) in [7, 11) is -3.62. The van der Waals surface area contributed by atoms with Crippen molar-refractivity contribution in [2.75, 3.05) is 23.7 Å². The Kier molecular flexibility index (Phi) is 7.17. The number of carbonyl (C=O) groups excluding carboxylic acids is 1. The first-order chi connectivity index (χ1) is 13.2. The summed E-state index contributed by atoms with van der Waals surface area (Å²) in [5.41, 5.74) is 5.26. The summed E-state index contributed by atoms with van der Waals surface area (Å²) in [6.07, 6.45) is 1.06. The largest absolute Gasteiger partial charge is 0.494 e. The van der Waals surface area contributed by atoms with Crippen molar-refractivity contribution in [3.63, 3.8) is 0 Å². The van der Waals surface area contributed by atoms with Crippen molar-refractivity contribution >= 4 is 27.3 Å². The SMILES string of the molecule is CCOc1ccc(/C(C)=N\NC(=O)CN(c2ccc(C)cc2)S(C)(=O)=O)cc1. The molecule has 0 bridgehead atoms. The van der Waals surface area contributed by atoms with E-state index in [1.54, 1.807) is 31.2 Å². The van der Waals surface area contributed by atoms with Gasteiger partial charge in [-0.2, -0.15) is 5.10 Å². The van der Waals surface area contributed by atoms with Crippen molar-refractivity contribution in [1.29, 1.82) is 0 Å². The molecule has 2 aromatic carbocycles. The van der Waals surface area contributed by atoms with E-state index < -0.39 is 15.9 Å². The molecule has 150 valence electrons. The van der Waals surface area contributed by atoms with Crippen LogP contribution in [0.25, 0.3) is 0 Å². The van der Waals surface area contributed by atoms with E-state index >= 15 is 0 Å². The van der Waals surface area contributed by atoms with Gasteiger partial charge < -0.3 is 4.74 Å². The maximum atomic E-state index is 12.3. The maximum absolute atomic E-state index is 12.3. The van der Waals surface area contributed by atoms with Crippen molar-refractivity contribution in [3.8, 4) is 5.75 Å². The second-order valence-electron chi connectivity index (χ2n) is 6.29. The molecule has 0 aliphatic heterocycles. The molecule has 0 unspecified atom stereocenters. The van der Waals surface area contributed by atoms with Crippen LogP contribution in [0, 0.1) is 6.92 Å². The molecule has 8 heteroatoms. The molecule has 1 amide bonds. The number of anilines is 1. The zero-order valence-electron chi connectivity index (χ0n) is 16.5. The van der Waals surface area contributed by atoms with Gasteiger partial charge in [-0.3, -0.25) is 9.10 Å². The minimum Gasteiger partial charge on any atom is -0.494 e. The van der Waals surface area contributed by atoms with E-state index in [1.165, 1.54) is 0 Å². The summed E-state index contributed by atoms with van der Waals surface area (Å²) in [5.74, 6) is 0.223. The average molecular weight is 404 g/mol. The number of nitrogens with one attached hydrogen (secondary N) is 1. The number of aryl methyl sites for hydroxylation is 1. The van der Waals surface area contributed by atoms with Gasteiger partial charge in [0.25, 0.3) is 5.91 Å². The van der Waals surface area contributed by atoms with Crippen LogP contribution in [-0.4, -0.2) is 39.4 Å². The first-order valence-corrected chi connectivity index (χ1v) is 10.7. The Bertz CT molecular complexity index is 936. The van der Waals surface area contributed by atoms with Crippen molar-refractivity contribution < 1.29 is 17.9 Å². The summed E-state index contributed by atoms with van der Waals surface area (Å²) >= 11 is 0. The van der Waals surface area contributed by atoms with E-state index in [-0.39, 0.29) is 6.54 Å². The van der Waals surface area contributed by atoms with Crippen molar-refractivity contribution in [2.24, 2.45) is 5.10 Å². The van der Waals surface area contributed by atoms with Gasteiger partial charge in [0.2, 0.25) is 10.0 Å². The molecule has 28 heavy (non-hydrogen) atoms. The van der Waals surface area contributed by atoms with Gasteiger partial charge in [0.05, 0.1) is 24.3 Å². The number of nitrogens with zero attached hydrogens (tertiary/aromatic N) is 2. The fraction of sp³-hybridized carbons (Fsp3) is 0.300. The van der Waals surface area contributed by atoms with E-state index in [0.717, 1.165) is 27.4 Å². The third kappa shape index (κ3) is 6.09. The van der Waals surface area contributed by atoms with Gasteiger partial charge in [-0.25, -0.2) is 13.8 Å². The number of hydrogen-bond donors (Lipinski definition) is 1. The number of ether oxygens (including phenoxy) is 1. The molecule has 0 spiro atoms. The van der Waals surface area contributed by atoms with E-state index in [2.05, 4.69) is 10.5 Å². The van der Waals surface area contributed by atoms with Crippen molar-refractivity contribution in [2.45, 2.75) is 20.8 Å². The molecule has 2 rings (SSSR count). The fourth-order valence-electron chi connectivity index (χ4n) is 2.45. The summed E-state index contributed by atoms with van der Waals surface area (Å²) in [6.45, 7) is 5.79. The summed E-state index contributed by atoms with van der Waals surface area (Å²) in [4.78, 5) is 12.3. The molecule has 0 aliphatic carbocycles. The van der Waals surface area contributed by atoms with Gasteiger partial charge >= 0.3 is 0 Å². The van der Waals surface area contributed by atoms with Crippen LogP contribution < -0.4 is 14.5 Å². The lowest BCUT2D eigenvalue weighted by Gasteiger charge is -2.21. The lowest BCUT2D eigenvalue weighted by Crippen LogP contribution is -2.39. The predicted molar refractivity (Wildman–Crippen MR) is 111 cm³/mol. The highest BCUT2D eigenvalue weighted by Gasteiger charge is 2.20. The third-order valence-electron chi connectivity index (χ3n) is 3.94. The van der Waals surface area contributed by atoms with Crippen LogP contribution in [0.4, 0.5) is 5.69 Å². The van der Waals surface area contributed by atoms with Crippen molar-refractivity contribution in [3.05, 3.63) is 59.7 Å². The maximum Gasteiger partial charge on any atom is 0.260 e. The second-order valence-corrected chi connectivity index (χ2v) is 8.20. The molecule has 0 aliphatic rings. The van der Waals surface area contributed by atoms with Crippen LogP contribution in [0.3, 0.4) is 0 Å². The smallest absolute Gasteiger partial charge is 0.260 e. The number of amides is 1. The van der Waals surface area contributed by atoms with E-state index in [1.807, 2.05) is 38.1 Å². The lowest BCUT2D eigenvalue weighted by molar-refractivity contribution is -0.119. The Morgan fingerprint density at radius 3 is 2.25 bits per heavy atom. The zero-order valence-corrected chi connectivity index (χ0v) is 17.3. The van der Waals surface area contributed by atoms with Gasteiger partial charge in [-0.1, -0.05) is 17.7 Å².